The number of hydrogen-bond acceptors (Lipinski definition) is 6. The number of carbonyl (C=O) groups excluding carboxylic acids is 3. The molecule has 6 rings (SSSR count). The van der Waals surface area contributed by atoms with Crippen LogP contribution in [-0.2, 0) is 16.1 Å². The number of ketones is 2. The van der Waals surface area contributed by atoms with E-state index in [2.05, 4.69) is 15.1 Å². The molecule has 0 N–H and O–H groups in total. The molecular weight excluding hydrogens is 569 g/mol. The van der Waals surface area contributed by atoms with Crippen LogP contribution in [0.2, 0.25) is 5.02 Å². The molecule has 3 atom stereocenters. The fourth-order valence-corrected chi connectivity index (χ4v) is 6.25. The summed E-state index contributed by atoms with van der Waals surface area (Å²) in [6, 6.07) is 12.0. The lowest BCUT2D eigenvalue weighted by atomic mass is 10.00. The van der Waals surface area contributed by atoms with E-state index in [1.807, 2.05) is 25.1 Å². The molecule has 10 heteroatoms. The first-order valence-electron chi connectivity index (χ1n) is 14.4. The molecule has 1 aliphatic heterocycles. The minimum Gasteiger partial charge on any atom is -0.328 e. The van der Waals surface area contributed by atoms with E-state index < -0.39 is 6.04 Å². The van der Waals surface area contributed by atoms with Crippen LogP contribution in [0.1, 0.15) is 61.4 Å². The Morgan fingerprint density at radius 3 is 2.49 bits per heavy atom. The van der Waals surface area contributed by atoms with Gasteiger partial charge in [0, 0.05) is 54.2 Å². The monoisotopic (exact) mass is 599 g/mol. The second kappa shape index (κ2) is 11.4. The number of likely N-dealkylation sites (tertiary alicyclic amines) is 1. The zero-order valence-corrected chi connectivity index (χ0v) is 24.9. The van der Waals surface area contributed by atoms with Gasteiger partial charge in [0.25, 0.3) is 0 Å². The molecule has 2 aromatic heterocycles. The lowest BCUT2D eigenvalue weighted by Gasteiger charge is -2.27. The predicted molar refractivity (Wildman–Crippen MR) is 162 cm³/mol. The van der Waals surface area contributed by atoms with Crippen LogP contribution in [0, 0.1) is 12.8 Å². The molecule has 1 aliphatic carbocycles. The molecule has 0 spiro atoms. The van der Waals surface area contributed by atoms with Crippen molar-refractivity contribution in [1.29, 1.82) is 0 Å². The topological polar surface area (TPSA) is 98.1 Å². The summed E-state index contributed by atoms with van der Waals surface area (Å²) in [6.45, 7) is 4.82. The minimum absolute atomic E-state index is 0.00229. The summed E-state index contributed by atoms with van der Waals surface area (Å²) < 4.78 is 16.6. The van der Waals surface area contributed by atoms with E-state index in [0.717, 1.165) is 17.5 Å². The van der Waals surface area contributed by atoms with Crippen LogP contribution in [0.25, 0.3) is 27.6 Å². The summed E-state index contributed by atoms with van der Waals surface area (Å²) in [5.74, 6) is -0.0141. The normalized spacial score (nSPS) is 19.7. The van der Waals surface area contributed by atoms with Crippen molar-refractivity contribution in [2.75, 3.05) is 0 Å². The lowest BCUT2D eigenvalue weighted by molar-refractivity contribution is -0.139. The molecule has 0 unspecified atom stereocenters. The molecule has 2 aliphatic rings. The van der Waals surface area contributed by atoms with Crippen molar-refractivity contribution in [1.82, 2.24) is 24.6 Å². The number of hydrogen-bond donors (Lipinski definition) is 0. The van der Waals surface area contributed by atoms with Crippen molar-refractivity contribution in [3.05, 3.63) is 82.8 Å². The van der Waals surface area contributed by atoms with Crippen molar-refractivity contribution >= 4 is 45.6 Å². The standard InChI is InChI=1S/C33H31ClFN5O3/c1-18(21-5-4-6-25(34)11-21)27(35)8-10-31(42)30-14-23-13-29(23)40(30)32(43)17-39-28-9-7-22(24-15-36-20(3)37-16-24)12-26(28)33(38-39)19(2)41/h4-7,9,11-12,15-16,23,29-30H,8,10,13-14,17H2,1-3H3/b27-18-/t23-,29-,30+/m1/s1. The fourth-order valence-electron chi connectivity index (χ4n) is 6.06. The van der Waals surface area contributed by atoms with Crippen LogP contribution in [0.15, 0.2) is 60.7 Å². The molecule has 2 fully saturated rings. The molecule has 220 valence electrons. The number of piperidine rings is 1. The van der Waals surface area contributed by atoms with Gasteiger partial charge in [0.05, 0.1) is 11.6 Å². The van der Waals surface area contributed by atoms with E-state index in [1.165, 1.54) is 11.6 Å². The molecule has 1 amide bonds. The molecule has 8 nitrogen and oxygen atoms in total. The maximum atomic E-state index is 15.0. The number of rotatable bonds is 9. The third kappa shape index (κ3) is 5.73. The van der Waals surface area contributed by atoms with Crippen LogP contribution in [-0.4, -0.2) is 54.2 Å². The summed E-state index contributed by atoms with van der Waals surface area (Å²) in [7, 11) is 0. The molecular formula is C33H31ClFN5O3. The molecule has 3 heterocycles. The molecule has 0 bridgehead atoms. The Labute approximate surface area is 253 Å². The Morgan fingerprint density at radius 2 is 1.77 bits per heavy atom. The van der Waals surface area contributed by atoms with Crippen molar-refractivity contribution < 1.29 is 18.8 Å². The van der Waals surface area contributed by atoms with Gasteiger partial charge in [0.15, 0.2) is 11.6 Å². The summed E-state index contributed by atoms with van der Waals surface area (Å²) in [6.07, 6.45) is 4.86. The Morgan fingerprint density at radius 1 is 1.00 bits per heavy atom. The van der Waals surface area contributed by atoms with E-state index in [-0.39, 0.29) is 60.3 Å². The first-order valence-corrected chi connectivity index (χ1v) is 14.7. The third-order valence-electron chi connectivity index (χ3n) is 8.50. The van der Waals surface area contributed by atoms with Crippen LogP contribution in [0.5, 0.6) is 0 Å². The van der Waals surface area contributed by atoms with Gasteiger partial charge in [-0.05, 0) is 73.6 Å². The van der Waals surface area contributed by atoms with Gasteiger partial charge < -0.3 is 4.90 Å². The average molecular weight is 600 g/mol. The van der Waals surface area contributed by atoms with Gasteiger partial charge in [-0.15, -0.1) is 0 Å². The third-order valence-corrected chi connectivity index (χ3v) is 8.74. The number of aromatic nitrogens is 4. The second-order valence-electron chi connectivity index (χ2n) is 11.4. The molecule has 0 radical (unpaired) electrons. The number of nitrogens with zero attached hydrogens (tertiary/aromatic N) is 5. The lowest BCUT2D eigenvalue weighted by Crippen LogP contribution is -2.44. The molecule has 1 saturated carbocycles. The maximum Gasteiger partial charge on any atom is 0.245 e. The first-order chi connectivity index (χ1) is 20.6. The predicted octanol–water partition coefficient (Wildman–Crippen LogP) is 6.40. The van der Waals surface area contributed by atoms with Gasteiger partial charge in [-0.2, -0.15) is 5.10 Å². The van der Waals surface area contributed by atoms with Gasteiger partial charge in [-0.3, -0.25) is 19.1 Å². The SMILES string of the molecule is CC(=O)c1nn(CC(=O)N2[C@@H]3C[C@@H]3C[C@H]2C(=O)CC/C(F)=C(\C)c2cccc(Cl)c2)c2ccc(-c3cnc(C)nc3)cc12. The summed E-state index contributed by atoms with van der Waals surface area (Å²) in [5.41, 5.74) is 3.67. The number of halogens is 2. The zero-order chi connectivity index (χ0) is 30.4. The van der Waals surface area contributed by atoms with E-state index >= 15 is 4.39 Å². The largest absolute Gasteiger partial charge is 0.328 e. The van der Waals surface area contributed by atoms with Crippen molar-refractivity contribution in [2.24, 2.45) is 5.92 Å². The minimum atomic E-state index is -0.585. The van der Waals surface area contributed by atoms with Crippen molar-refractivity contribution in [2.45, 2.75) is 65.1 Å². The van der Waals surface area contributed by atoms with Gasteiger partial charge in [-0.25, -0.2) is 14.4 Å². The molecule has 4 aromatic rings. The Bertz CT molecular complexity index is 1800. The highest BCUT2D eigenvalue weighted by molar-refractivity contribution is 6.30. The van der Waals surface area contributed by atoms with Crippen LogP contribution in [0.4, 0.5) is 4.39 Å². The van der Waals surface area contributed by atoms with Crippen LogP contribution < -0.4 is 0 Å². The van der Waals surface area contributed by atoms with E-state index in [4.69, 9.17) is 11.6 Å². The van der Waals surface area contributed by atoms with E-state index in [9.17, 15) is 14.4 Å². The number of amides is 1. The first kappa shape index (κ1) is 28.9. The molecule has 2 aromatic carbocycles. The van der Waals surface area contributed by atoms with Crippen LogP contribution >= 0.6 is 11.6 Å². The number of allylic oxidation sites excluding steroid dienone is 2. The summed E-state index contributed by atoms with van der Waals surface area (Å²) in [5, 5.41) is 5.66. The zero-order valence-electron chi connectivity index (χ0n) is 24.2. The number of fused-ring (bicyclic) bond motifs is 2. The van der Waals surface area contributed by atoms with Crippen molar-refractivity contribution in [3.8, 4) is 11.1 Å². The smallest absolute Gasteiger partial charge is 0.245 e. The average Bonchev–Trinajstić information content (AvgIpc) is 3.50. The number of aryl methyl sites for hydroxylation is 1. The highest BCUT2D eigenvalue weighted by Crippen LogP contribution is 2.48. The highest BCUT2D eigenvalue weighted by Gasteiger charge is 2.55. The van der Waals surface area contributed by atoms with Gasteiger partial charge in [-0.1, -0.05) is 29.8 Å². The van der Waals surface area contributed by atoms with Gasteiger partial charge >= 0.3 is 0 Å². The van der Waals surface area contributed by atoms with Crippen molar-refractivity contribution in [3.63, 3.8) is 0 Å². The fraction of sp³-hybridized carbons (Fsp3) is 0.333. The van der Waals surface area contributed by atoms with Gasteiger partial charge in [0.2, 0.25) is 5.91 Å². The number of carbonyl (C=O) groups is 3. The summed E-state index contributed by atoms with van der Waals surface area (Å²) in [4.78, 5) is 49.7. The van der Waals surface area contributed by atoms with Crippen LogP contribution in [0.3, 0.4) is 0 Å². The summed E-state index contributed by atoms with van der Waals surface area (Å²) >= 11 is 6.05. The van der Waals surface area contributed by atoms with E-state index in [0.29, 0.717) is 39.3 Å². The molecule has 43 heavy (non-hydrogen) atoms. The highest BCUT2D eigenvalue weighted by atomic mass is 35.5. The van der Waals surface area contributed by atoms with E-state index in [1.54, 1.807) is 48.5 Å². The molecule has 1 saturated heterocycles. The second-order valence-corrected chi connectivity index (χ2v) is 11.9. The Kier molecular flexibility index (Phi) is 7.68. The maximum absolute atomic E-state index is 15.0. The number of Topliss-reactive ketones (excluding diaryl/α,β-unsaturated/α-hetero) is 2. The Hall–Kier alpha value is -4.24. The van der Waals surface area contributed by atoms with Gasteiger partial charge in [0.1, 0.15) is 23.9 Å². The Balaban J connectivity index is 1.20. The number of benzene rings is 2. The quantitative estimate of drug-likeness (QED) is 0.207.